The number of halogens is 1. The molecular weight excluding hydrogens is 465 g/mol. The highest BCUT2D eigenvalue weighted by Crippen LogP contribution is 2.25. The molecule has 2 aromatic carbocycles. The van der Waals surface area contributed by atoms with Crippen molar-refractivity contribution in [1.82, 2.24) is 25.2 Å². The van der Waals surface area contributed by atoms with Crippen LogP contribution in [0, 0.1) is 5.82 Å². The number of furan rings is 2. The summed E-state index contributed by atoms with van der Waals surface area (Å²) in [5.74, 6) is -0.269. The van der Waals surface area contributed by atoms with Crippen LogP contribution >= 0.6 is 0 Å². The number of amides is 2. The van der Waals surface area contributed by atoms with Gasteiger partial charge < -0.3 is 19.1 Å². The van der Waals surface area contributed by atoms with E-state index in [4.69, 9.17) is 8.83 Å². The maximum atomic E-state index is 13.7. The molecule has 0 aliphatic carbocycles. The van der Waals surface area contributed by atoms with E-state index in [2.05, 4.69) is 15.6 Å². The average Bonchev–Trinajstić information content (AvgIpc) is 3.67. The number of carbonyl (C=O) groups is 2. The van der Waals surface area contributed by atoms with Crippen molar-refractivity contribution in [2.45, 2.75) is 25.7 Å². The highest BCUT2D eigenvalue weighted by molar-refractivity contribution is 5.89. The van der Waals surface area contributed by atoms with Crippen LogP contribution in [-0.4, -0.2) is 31.7 Å². The number of hydrogen-bond donors (Lipinski definition) is 1. The maximum absolute atomic E-state index is 13.7. The van der Waals surface area contributed by atoms with Crippen LogP contribution < -0.4 is 5.32 Å². The molecule has 0 aliphatic rings. The Balaban J connectivity index is 1.49. The fourth-order valence-corrected chi connectivity index (χ4v) is 3.95. The number of rotatable bonds is 9. The fourth-order valence-electron chi connectivity index (χ4n) is 3.95. The third kappa shape index (κ3) is 5.02. The van der Waals surface area contributed by atoms with E-state index in [9.17, 15) is 14.0 Å². The first-order chi connectivity index (χ1) is 17.6. The summed E-state index contributed by atoms with van der Waals surface area (Å²) >= 11 is 0. The summed E-state index contributed by atoms with van der Waals surface area (Å²) in [4.78, 5) is 28.6. The largest absolute Gasteiger partial charge is 0.467 e. The third-order valence-electron chi connectivity index (χ3n) is 5.69. The SMILES string of the molecule is O=C(NCc1ccco1)[C@@H](c1ccc(F)cc1)N(Cc1ccco1)C(=O)Cn1nnc2ccccc21. The number of nitrogens with one attached hydrogen (secondary N) is 1. The molecule has 5 rings (SSSR count). The topological polar surface area (TPSA) is 106 Å². The quantitative estimate of drug-likeness (QED) is 0.339. The van der Waals surface area contributed by atoms with Gasteiger partial charge in [0.1, 0.15) is 35.4 Å². The molecular formula is C26H22FN5O4. The molecule has 0 bridgehead atoms. The summed E-state index contributed by atoms with van der Waals surface area (Å²) in [7, 11) is 0. The van der Waals surface area contributed by atoms with Gasteiger partial charge in [0, 0.05) is 0 Å². The van der Waals surface area contributed by atoms with Crippen LogP contribution in [0.15, 0.2) is 94.2 Å². The molecule has 3 heterocycles. The van der Waals surface area contributed by atoms with Crippen molar-refractivity contribution in [3.63, 3.8) is 0 Å². The minimum Gasteiger partial charge on any atom is -0.467 e. The van der Waals surface area contributed by atoms with Gasteiger partial charge in [-0.2, -0.15) is 0 Å². The van der Waals surface area contributed by atoms with Crippen molar-refractivity contribution in [3.8, 4) is 0 Å². The molecule has 2 amide bonds. The van der Waals surface area contributed by atoms with Gasteiger partial charge in [0.05, 0.1) is 31.1 Å². The molecule has 10 heteroatoms. The Kier molecular flexibility index (Phi) is 6.57. The van der Waals surface area contributed by atoms with Gasteiger partial charge in [-0.05, 0) is 54.1 Å². The van der Waals surface area contributed by atoms with Crippen molar-refractivity contribution in [3.05, 3.63) is 108 Å². The van der Waals surface area contributed by atoms with E-state index < -0.39 is 23.7 Å². The second-order valence-corrected chi connectivity index (χ2v) is 8.09. The van der Waals surface area contributed by atoms with Crippen molar-refractivity contribution in [2.75, 3.05) is 0 Å². The first kappa shape index (κ1) is 23.0. The van der Waals surface area contributed by atoms with Gasteiger partial charge in [0.2, 0.25) is 11.8 Å². The van der Waals surface area contributed by atoms with E-state index in [0.29, 0.717) is 28.1 Å². The summed E-state index contributed by atoms with van der Waals surface area (Å²) in [5.41, 5.74) is 1.77. The Morgan fingerprint density at radius 3 is 2.39 bits per heavy atom. The molecule has 5 aromatic rings. The molecule has 0 unspecified atom stereocenters. The minimum absolute atomic E-state index is 0.00861. The molecule has 36 heavy (non-hydrogen) atoms. The van der Waals surface area contributed by atoms with Crippen LogP contribution in [0.2, 0.25) is 0 Å². The zero-order chi connectivity index (χ0) is 24.9. The Morgan fingerprint density at radius 1 is 0.944 bits per heavy atom. The summed E-state index contributed by atoms with van der Waals surface area (Å²) in [6, 6.07) is 18.5. The normalized spacial score (nSPS) is 11.9. The van der Waals surface area contributed by atoms with Gasteiger partial charge in [-0.1, -0.05) is 29.5 Å². The average molecular weight is 487 g/mol. The molecule has 1 atom stereocenters. The van der Waals surface area contributed by atoms with Crippen LogP contribution in [0.5, 0.6) is 0 Å². The van der Waals surface area contributed by atoms with E-state index in [1.807, 2.05) is 18.2 Å². The summed E-state index contributed by atoms with van der Waals surface area (Å²) in [6.07, 6.45) is 3.00. The van der Waals surface area contributed by atoms with Crippen molar-refractivity contribution < 1.29 is 22.8 Å². The number of para-hydroxylation sites is 1. The van der Waals surface area contributed by atoms with Crippen LogP contribution in [0.4, 0.5) is 4.39 Å². The summed E-state index contributed by atoms with van der Waals surface area (Å²) in [5, 5.41) is 11.0. The van der Waals surface area contributed by atoms with E-state index in [1.54, 1.807) is 30.3 Å². The predicted octanol–water partition coefficient (Wildman–Crippen LogP) is 3.84. The predicted molar refractivity (Wildman–Crippen MR) is 126 cm³/mol. The first-order valence-electron chi connectivity index (χ1n) is 11.2. The van der Waals surface area contributed by atoms with Crippen molar-refractivity contribution in [2.24, 2.45) is 0 Å². The van der Waals surface area contributed by atoms with E-state index >= 15 is 0 Å². The molecule has 0 saturated carbocycles. The van der Waals surface area contributed by atoms with Gasteiger partial charge in [0.15, 0.2) is 0 Å². The third-order valence-corrected chi connectivity index (χ3v) is 5.69. The Labute approximate surface area is 205 Å². The number of benzene rings is 2. The summed E-state index contributed by atoms with van der Waals surface area (Å²) in [6.45, 7) is -0.0287. The standard InChI is InChI=1S/C26H22FN5O4/c27-19-11-9-18(10-12-19)25(26(34)28-15-20-5-3-13-35-20)31(16-21-6-4-14-36-21)24(33)17-32-23-8-2-1-7-22(23)29-30-32/h1-14,25H,15-17H2,(H,28,34)/t25-/m1/s1. The maximum Gasteiger partial charge on any atom is 0.247 e. The van der Waals surface area contributed by atoms with Crippen LogP contribution in [0.1, 0.15) is 23.1 Å². The van der Waals surface area contributed by atoms with Gasteiger partial charge in [-0.15, -0.1) is 5.10 Å². The molecule has 182 valence electrons. The number of fused-ring (bicyclic) bond motifs is 1. The molecule has 1 N–H and O–H groups in total. The Bertz CT molecular complexity index is 1450. The number of nitrogens with zero attached hydrogens (tertiary/aromatic N) is 4. The van der Waals surface area contributed by atoms with Crippen molar-refractivity contribution >= 4 is 22.8 Å². The smallest absolute Gasteiger partial charge is 0.247 e. The molecule has 0 radical (unpaired) electrons. The summed E-state index contributed by atoms with van der Waals surface area (Å²) < 4.78 is 26.0. The number of hydrogen-bond acceptors (Lipinski definition) is 6. The lowest BCUT2D eigenvalue weighted by molar-refractivity contribution is -0.142. The monoisotopic (exact) mass is 487 g/mol. The minimum atomic E-state index is -1.08. The Morgan fingerprint density at radius 2 is 1.67 bits per heavy atom. The molecule has 9 nitrogen and oxygen atoms in total. The van der Waals surface area contributed by atoms with Gasteiger partial charge in [-0.25, -0.2) is 9.07 Å². The lowest BCUT2D eigenvalue weighted by Crippen LogP contribution is -2.44. The molecule has 0 aliphatic heterocycles. The Hall–Kier alpha value is -4.73. The lowest BCUT2D eigenvalue weighted by Gasteiger charge is -2.30. The number of carbonyl (C=O) groups excluding carboxylic acids is 2. The van der Waals surface area contributed by atoms with Crippen LogP contribution in [0.3, 0.4) is 0 Å². The molecule has 0 spiro atoms. The highest BCUT2D eigenvalue weighted by Gasteiger charge is 2.33. The molecule has 3 aromatic heterocycles. The lowest BCUT2D eigenvalue weighted by atomic mass is 10.0. The molecule has 0 fully saturated rings. The van der Waals surface area contributed by atoms with E-state index in [0.717, 1.165) is 0 Å². The highest BCUT2D eigenvalue weighted by atomic mass is 19.1. The second-order valence-electron chi connectivity index (χ2n) is 8.09. The second kappa shape index (κ2) is 10.3. The van der Waals surface area contributed by atoms with Crippen molar-refractivity contribution in [1.29, 1.82) is 0 Å². The van der Waals surface area contributed by atoms with Gasteiger partial charge in [0.25, 0.3) is 0 Å². The zero-order valence-corrected chi connectivity index (χ0v) is 19.1. The fraction of sp³-hybridized carbons (Fsp3) is 0.154. The van der Waals surface area contributed by atoms with Gasteiger partial charge >= 0.3 is 0 Å². The molecule has 0 saturated heterocycles. The van der Waals surface area contributed by atoms with E-state index in [-0.39, 0.29) is 19.6 Å². The van der Waals surface area contributed by atoms with Crippen LogP contribution in [-0.2, 0) is 29.2 Å². The zero-order valence-electron chi connectivity index (χ0n) is 19.1. The van der Waals surface area contributed by atoms with Gasteiger partial charge in [-0.3, -0.25) is 9.59 Å². The number of aromatic nitrogens is 3. The van der Waals surface area contributed by atoms with E-state index in [1.165, 1.54) is 46.4 Å². The first-order valence-corrected chi connectivity index (χ1v) is 11.2. The van der Waals surface area contributed by atoms with Crippen LogP contribution in [0.25, 0.3) is 11.0 Å².